The molecule has 0 amide bonds. The molecule has 7 heteroatoms. The summed E-state index contributed by atoms with van der Waals surface area (Å²) in [6.45, 7) is 5.89. The van der Waals surface area contributed by atoms with E-state index in [0.29, 0.717) is 13.1 Å². The van der Waals surface area contributed by atoms with Crippen molar-refractivity contribution in [1.29, 1.82) is 0 Å². The SMILES string of the molecule is CC(=NCCN=C(C)c1ccccc1O)c1ccccc1O.CC(=O)O.[Mn+2]. The van der Waals surface area contributed by atoms with Gasteiger partial charge in [0, 0.05) is 29.5 Å². The van der Waals surface area contributed by atoms with Crippen molar-refractivity contribution in [3.05, 3.63) is 59.7 Å². The molecule has 0 unspecified atom stereocenters. The number of aliphatic carboxylic acids is 1. The Bertz CT molecular complexity index is 739. The summed E-state index contributed by atoms with van der Waals surface area (Å²) in [4.78, 5) is 17.9. The van der Waals surface area contributed by atoms with E-state index >= 15 is 0 Å². The quantitative estimate of drug-likeness (QED) is 0.398. The molecule has 1 radical (unpaired) electrons. The fraction of sp³-hybridized carbons (Fsp3) is 0.250. The third-order valence-electron chi connectivity index (χ3n) is 3.39. The van der Waals surface area contributed by atoms with Crippen LogP contribution in [-0.4, -0.2) is 45.8 Å². The molecule has 0 heterocycles. The van der Waals surface area contributed by atoms with Gasteiger partial charge < -0.3 is 15.3 Å². The zero-order chi connectivity index (χ0) is 19.5. The average Bonchev–Trinajstić information content (AvgIpc) is 2.58. The molecule has 2 aromatic rings. The van der Waals surface area contributed by atoms with E-state index < -0.39 is 5.97 Å². The van der Waals surface area contributed by atoms with Crippen molar-refractivity contribution >= 4 is 17.4 Å². The Hall–Kier alpha value is -2.63. The van der Waals surface area contributed by atoms with Crippen molar-refractivity contribution < 1.29 is 37.2 Å². The Morgan fingerprint density at radius 3 is 1.37 bits per heavy atom. The second-order valence-corrected chi connectivity index (χ2v) is 5.49. The van der Waals surface area contributed by atoms with Crippen LogP contribution in [0, 0.1) is 0 Å². The van der Waals surface area contributed by atoms with Crippen molar-refractivity contribution in [1.82, 2.24) is 0 Å². The monoisotopic (exact) mass is 411 g/mol. The number of nitrogens with zero attached hydrogens (tertiary/aromatic N) is 2. The molecule has 0 bridgehead atoms. The van der Waals surface area contributed by atoms with Gasteiger partial charge in [-0.1, -0.05) is 24.3 Å². The number of phenols is 2. The summed E-state index contributed by atoms with van der Waals surface area (Å²) < 4.78 is 0. The number of hydrogen-bond donors (Lipinski definition) is 3. The van der Waals surface area contributed by atoms with E-state index in [1.165, 1.54) is 0 Å². The largest absolute Gasteiger partial charge is 2.00 e. The van der Waals surface area contributed by atoms with Crippen LogP contribution in [0.25, 0.3) is 0 Å². The molecule has 0 fully saturated rings. The van der Waals surface area contributed by atoms with E-state index in [0.717, 1.165) is 29.5 Å². The fourth-order valence-corrected chi connectivity index (χ4v) is 2.16. The first-order valence-corrected chi connectivity index (χ1v) is 8.11. The molecule has 0 aliphatic heterocycles. The molecule has 6 nitrogen and oxygen atoms in total. The van der Waals surface area contributed by atoms with Crippen LogP contribution in [0.15, 0.2) is 58.5 Å². The Morgan fingerprint density at radius 2 is 1.07 bits per heavy atom. The maximum Gasteiger partial charge on any atom is 2.00 e. The molecule has 2 aromatic carbocycles. The first-order valence-electron chi connectivity index (χ1n) is 8.11. The van der Waals surface area contributed by atoms with Crippen molar-refractivity contribution in [2.75, 3.05) is 13.1 Å². The van der Waals surface area contributed by atoms with E-state index in [-0.39, 0.29) is 28.6 Å². The van der Waals surface area contributed by atoms with E-state index in [1.54, 1.807) is 24.3 Å². The summed E-state index contributed by atoms with van der Waals surface area (Å²) >= 11 is 0. The predicted molar refractivity (Wildman–Crippen MR) is 104 cm³/mol. The molecule has 143 valence electrons. The zero-order valence-corrected chi connectivity index (χ0v) is 16.7. The van der Waals surface area contributed by atoms with E-state index in [2.05, 4.69) is 9.98 Å². The van der Waals surface area contributed by atoms with Crippen LogP contribution in [0.4, 0.5) is 0 Å². The van der Waals surface area contributed by atoms with Gasteiger partial charge in [-0.05, 0) is 38.1 Å². The Balaban J connectivity index is 0.00000123. The van der Waals surface area contributed by atoms with Crippen molar-refractivity contribution in [2.45, 2.75) is 20.8 Å². The third kappa shape index (κ3) is 9.03. The second-order valence-electron chi connectivity index (χ2n) is 5.49. The topological polar surface area (TPSA) is 102 Å². The third-order valence-corrected chi connectivity index (χ3v) is 3.39. The normalized spacial score (nSPS) is 11.1. The Morgan fingerprint density at radius 1 is 0.778 bits per heavy atom. The number of phenolic OH excluding ortho intramolecular Hbond substituents is 2. The standard InChI is InChI=1S/C18H20N2O2.C2H4O2.Mn/c1-13(15-7-3-5-9-17(15)21)19-11-12-20-14(2)16-8-4-6-10-18(16)22;1-2(3)4;/h3-10,21-22H,11-12H2,1-2H3;1H3,(H,3,4);/q;;+2. The van der Waals surface area contributed by atoms with Gasteiger partial charge in [0.25, 0.3) is 5.97 Å². The minimum atomic E-state index is -0.833. The molecule has 0 aliphatic carbocycles. The fourth-order valence-electron chi connectivity index (χ4n) is 2.16. The number of carbonyl (C=O) groups is 1. The number of carboxylic acid groups (broad SMARTS) is 1. The summed E-state index contributed by atoms with van der Waals surface area (Å²) in [6.07, 6.45) is 0. The molecule has 2 rings (SSSR count). The number of aromatic hydroxyl groups is 2. The molecule has 0 aliphatic rings. The summed E-state index contributed by atoms with van der Waals surface area (Å²) in [5.41, 5.74) is 3.05. The van der Waals surface area contributed by atoms with Gasteiger partial charge in [0.1, 0.15) is 11.5 Å². The van der Waals surface area contributed by atoms with Crippen LogP contribution >= 0.6 is 0 Å². The molecular formula is C20H24MnN2O4+2. The van der Waals surface area contributed by atoms with Crippen molar-refractivity contribution in [3.63, 3.8) is 0 Å². The Labute approximate surface area is 169 Å². The van der Waals surface area contributed by atoms with Gasteiger partial charge in [-0.15, -0.1) is 0 Å². The van der Waals surface area contributed by atoms with Gasteiger partial charge in [0.05, 0.1) is 13.1 Å². The van der Waals surface area contributed by atoms with E-state index in [4.69, 9.17) is 9.90 Å². The van der Waals surface area contributed by atoms with Gasteiger partial charge in [0.2, 0.25) is 0 Å². The smallest absolute Gasteiger partial charge is 0.507 e. The number of benzene rings is 2. The number of hydrogen-bond acceptors (Lipinski definition) is 5. The van der Waals surface area contributed by atoms with Crippen LogP contribution in [0.5, 0.6) is 11.5 Å². The molecule has 0 atom stereocenters. The predicted octanol–water partition coefficient (Wildman–Crippen LogP) is 3.50. The van der Waals surface area contributed by atoms with Crippen LogP contribution in [-0.2, 0) is 21.9 Å². The van der Waals surface area contributed by atoms with Crippen molar-refractivity contribution in [3.8, 4) is 11.5 Å². The molecule has 3 N–H and O–H groups in total. The summed E-state index contributed by atoms with van der Waals surface area (Å²) in [7, 11) is 0. The summed E-state index contributed by atoms with van der Waals surface area (Å²) in [6, 6.07) is 14.3. The minimum Gasteiger partial charge on any atom is -0.507 e. The number of para-hydroxylation sites is 2. The molecule has 0 saturated carbocycles. The van der Waals surface area contributed by atoms with Crippen molar-refractivity contribution in [2.24, 2.45) is 9.98 Å². The van der Waals surface area contributed by atoms with Gasteiger partial charge >= 0.3 is 17.1 Å². The second kappa shape index (κ2) is 12.7. The van der Waals surface area contributed by atoms with Crippen LogP contribution in [0.1, 0.15) is 31.9 Å². The summed E-state index contributed by atoms with van der Waals surface area (Å²) in [5, 5.41) is 27.0. The minimum absolute atomic E-state index is 0. The number of carboxylic acids is 1. The van der Waals surface area contributed by atoms with Crippen LogP contribution in [0.2, 0.25) is 0 Å². The van der Waals surface area contributed by atoms with Gasteiger partial charge in [-0.3, -0.25) is 14.8 Å². The average molecular weight is 411 g/mol. The first kappa shape index (κ1) is 24.4. The maximum absolute atomic E-state index is 9.77. The molecule has 27 heavy (non-hydrogen) atoms. The van der Waals surface area contributed by atoms with E-state index in [1.807, 2.05) is 38.1 Å². The van der Waals surface area contributed by atoms with Gasteiger partial charge in [-0.2, -0.15) is 0 Å². The first-order chi connectivity index (χ1) is 12.3. The Kier molecular flexibility index (Phi) is 11.4. The molecule has 0 aromatic heterocycles. The van der Waals surface area contributed by atoms with E-state index in [9.17, 15) is 10.2 Å². The van der Waals surface area contributed by atoms with Crippen LogP contribution in [0.3, 0.4) is 0 Å². The number of aliphatic imine (C=N–C) groups is 2. The maximum atomic E-state index is 9.77. The number of rotatable bonds is 5. The molecule has 0 saturated heterocycles. The molecular weight excluding hydrogens is 387 g/mol. The van der Waals surface area contributed by atoms with Gasteiger partial charge in [-0.25, -0.2) is 0 Å². The summed E-state index contributed by atoms with van der Waals surface area (Å²) in [5.74, 6) is -0.365. The molecule has 0 spiro atoms. The van der Waals surface area contributed by atoms with Crippen LogP contribution < -0.4 is 0 Å². The zero-order valence-electron chi connectivity index (χ0n) is 15.6. The van der Waals surface area contributed by atoms with Gasteiger partial charge in [0.15, 0.2) is 0 Å².